The van der Waals surface area contributed by atoms with Gasteiger partial charge in [-0.3, -0.25) is 0 Å². The van der Waals surface area contributed by atoms with E-state index in [4.69, 9.17) is 9.72 Å². The average Bonchev–Trinajstić information content (AvgIpc) is 2.69. The molecule has 114 valence electrons. The zero-order chi connectivity index (χ0) is 14.8. The summed E-state index contributed by atoms with van der Waals surface area (Å²) < 4.78 is 5.59. The number of nitrogens with zero attached hydrogens (tertiary/aromatic N) is 2. The van der Waals surface area contributed by atoms with Crippen molar-refractivity contribution < 1.29 is 4.74 Å². The van der Waals surface area contributed by atoms with Gasteiger partial charge in [-0.1, -0.05) is 13.8 Å². The van der Waals surface area contributed by atoms with E-state index in [-0.39, 0.29) is 5.54 Å². The molecule has 1 aromatic heterocycles. The van der Waals surface area contributed by atoms with Gasteiger partial charge < -0.3 is 15.0 Å². The largest absolute Gasteiger partial charge is 0.377 e. The highest BCUT2D eigenvalue weighted by molar-refractivity contribution is 7.15. The molecule has 1 fully saturated rings. The lowest BCUT2D eigenvalue weighted by Gasteiger charge is -2.42. The lowest BCUT2D eigenvalue weighted by Crippen LogP contribution is -2.53. The van der Waals surface area contributed by atoms with Crippen molar-refractivity contribution in [1.29, 1.82) is 0 Å². The van der Waals surface area contributed by atoms with Gasteiger partial charge in [0.15, 0.2) is 5.13 Å². The van der Waals surface area contributed by atoms with Crippen LogP contribution in [0.15, 0.2) is 0 Å². The van der Waals surface area contributed by atoms with Gasteiger partial charge in [-0.2, -0.15) is 0 Å². The summed E-state index contributed by atoms with van der Waals surface area (Å²) in [7, 11) is 0. The van der Waals surface area contributed by atoms with Gasteiger partial charge in [0.25, 0.3) is 0 Å². The molecular formula is C15H27N3OS. The van der Waals surface area contributed by atoms with Crippen molar-refractivity contribution in [2.24, 2.45) is 5.92 Å². The number of ether oxygens (including phenoxy) is 1. The monoisotopic (exact) mass is 297 g/mol. The maximum Gasteiger partial charge on any atom is 0.186 e. The molecule has 1 aliphatic heterocycles. The summed E-state index contributed by atoms with van der Waals surface area (Å²) >= 11 is 1.82. The fourth-order valence-corrected chi connectivity index (χ4v) is 3.60. The molecule has 2 heterocycles. The molecule has 0 aromatic carbocycles. The predicted molar refractivity (Wildman–Crippen MR) is 85.6 cm³/mol. The Morgan fingerprint density at radius 1 is 1.45 bits per heavy atom. The van der Waals surface area contributed by atoms with E-state index < -0.39 is 0 Å². The van der Waals surface area contributed by atoms with Crippen LogP contribution in [-0.4, -0.2) is 36.8 Å². The molecule has 0 atom stereocenters. The van der Waals surface area contributed by atoms with Crippen molar-refractivity contribution in [2.75, 3.05) is 31.2 Å². The summed E-state index contributed by atoms with van der Waals surface area (Å²) in [5, 5.41) is 4.64. The molecule has 0 spiro atoms. The Balaban J connectivity index is 2.06. The summed E-state index contributed by atoms with van der Waals surface area (Å²) in [5.74, 6) is 0.681. The molecule has 5 heteroatoms. The predicted octanol–water partition coefficient (Wildman–Crippen LogP) is 2.81. The maximum atomic E-state index is 5.59. The smallest absolute Gasteiger partial charge is 0.186 e. The van der Waals surface area contributed by atoms with Crippen molar-refractivity contribution in [1.82, 2.24) is 10.3 Å². The van der Waals surface area contributed by atoms with E-state index in [0.717, 1.165) is 43.7 Å². The van der Waals surface area contributed by atoms with Crippen molar-refractivity contribution in [3.8, 4) is 0 Å². The maximum absolute atomic E-state index is 5.59. The lowest BCUT2D eigenvalue weighted by atomic mass is 10.0. The minimum atomic E-state index is 0.0329. The summed E-state index contributed by atoms with van der Waals surface area (Å²) in [6, 6.07) is 0. The van der Waals surface area contributed by atoms with Crippen molar-refractivity contribution in [3.05, 3.63) is 10.6 Å². The Morgan fingerprint density at radius 2 is 2.20 bits per heavy atom. The number of nitrogens with one attached hydrogen (secondary N) is 1. The number of hydrogen-bond acceptors (Lipinski definition) is 5. The Labute approximate surface area is 126 Å². The van der Waals surface area contributed by atoms with E-state index in [0.29, 0.717) is 5.92 Å². The molecule has 1 N–H and O–H groups in total. The SMILES string of the molecule is Cc1nc(N2CCOCC2(C)C)sc1CNCC(C)C. The highest BCUT2D eigenvalue weighted by Gasteiger charge is 2.32. The molecule has 0 amide bonds. The van der Waals surface area contributed by atoms with Crippen molar-refractivity contribution >= 4 is 16.5 Å². The number of aromatic nitrogens is 1. The average molecular weight is 297 g/mol. The minimum Gasteiger partial charge on any atom is -0.377 e. The summed E-state index contributed by atoms with van der Waals surface area (Å²) in [4.78, 5) is 8.52. The topological polar surface area (TPSA) is 37.4 Å². The third kappa shape index (κ3) is 3.71. The molecule has 1 saturated heterocycles. The Morgan fingerprint density at radius 3 is 2.85 bits per heavy atom. The van der Waals surface area contributed by atoms with E-state index >= 15 is 0 Å². The van der Waals surface area contributed by atoms with Gasteiger partial charge in [0, 0.05) is 18.0 Å². The van der Waals surface area contributed by atoms with Crippen molar-refractivity contribution in [2.45, 2.75) is 46.7 Å². The molecule has 0 saturated carbocycles. The third-order valence-electron chi connectivity index (χ3n) is 3.60. The van der Waals surface area contributed by atoms with Crippen LogP contribution in [-0.2, 0) is 11.3 Å². The van der Waals surface area contributed by atoms with Crippen LogP contribution in [0.3, 0.4) is 0 Å². The molecule has 4 nitrogen and oxygen atoms in total. The number of thiazole rings is 1. The second-order valence-corrected chi connectivity index (χ2v) is 7.61. The van der Waals surface area contributed by atoms with Crippen LogP contribution in [0.2, 0.25) is 0 Å². The van der Waals surface area contributed by atoms with Crippen LogP contribution >= 0.6 is 11.3 Å². The molecule has 1 aliphatic rings. The van der Waals surface area contributed by atoms with Crippen LogP contribution in [0.25, 0.3) is 0 Å². The number of anilines is 1. The lowest BCUT2D eigenvalue weighted by molar-refractivity contribution is 0.0643. The zero-order valence-electron chi connectivity index (χ0n) is 13.3. The highest BCUT2D eigenvalue weighted by atomic mass is 32.1. The fourth-order valence-electron chi connectivity index (χ4n) is 2.38. The first-order valence-electron chi connectivity index (χ1n) is 7.42. The van der Waals surface area contributed by atoms with Gasteiger partial charge in [-0.05, 0) is 33.2 Å². The molecule has 0 bridgehead atoms. The van der Waals surface area contributed by atoms with E-state index in [1.165, 1.54) is 4.88 Å². The standard InChI is InChI=1S/C15H27N3OS/c1-11(2)8-16-9-13-12(3)17-14(20-13)18-6-7-19-10-15(18,4)5/h11,16H,6-10H2,1-5H3. The zero-order valence-corrected chi connectivity index (χ0v) is 14.1. The second kappa shape index (κ2) is 6.41. The van der Waals surface area contributed by atoms with Crippen LogP contribution in [0.4, 0.5) is 5.13 Å². The summed E-state index contributed by atoms with van der Waals surface area (Å²) in [5.41, 5.74) is 1.19. The van der Waals surface area contributed by atoms with E-state index in [2.05, 4.69) is 44.8 Å². The minimum absolute atomic E-state index is 0.0329. The number of rotatable bonds is 5. The molecule has 0 radical (unpaired) electrons. The van der Waals surface area contributed by atoms with Crippen LogP contribution in [0.1, 0.15) is 38.3 Å². The quantitative estimate of drug-likeness (QED) is 0.907. The molecule has 0 aliphatic carbocycles. The van der Waals surface area contributed by atoms with E-state index in [1.54, 1.807) is 0 Å². The summed E-state index contributed by atoms with van der Waals surface area (Å²) in [6.07, 6.45) is 0. The molecule has 1 aromatic rings. The van der Waals surface area contributed by atoms with E-state index in [1.807, 2.05) is 11.3 Å². The first-order valence-corrected chi connectivity index (χ1v) is 8.24. The number of aryl methyl sites for hydroxylation is 1. The first-order chi connectivity index (χ1) is 9.40. The van der Waals surface area contributed by atoms with E-state index in [9.17, 15) is 0 Å². The molecule has 2 rings (SSSR count). The van der Waals surface area contributed by atoms with Gasteiger partial charge in [-0.25, -0.2) is 4.98 Å². The third-order valence-corrected chi connectivity index (χ3v) is 4.78. The normalized spacial score (nSPS) is 18.8. The highest BCUT2D eigenvalue weighted by Crippen LogP contribution is 2.32. The number of hydrogen-bond donors (Lipinski definition) is 1. The summed E-state index contributed by atoms with van der Waals surface area (Å²) in [6.45, 7) is 15.5. The fraction of sp³-hybridized carbons (Fsp3) is 0.800. The Kier molecular flexibility index (Phi) is 5.04. The molecule has 20 heavy (non-hydrogen) atoms. The second-order valence-electron chi connectivity index (χ2n) is 6.55. The van der Waals surface area contributed by atoms with Gasteiger partial charge in [0.2, 0.25) is 0 Å². The Hall–Kier alpha value is -0.650. The van der Waals surface area contributed by atoms with Crippen LogP contribution < -0.4 is 10.2 Å². The molecular weight excluding hydrogens is 270 g/mol. The molecule has 0 unspecified atom stereocenters. The van der Waals surface area contributed by atoms with Gasteiger partial charge >= 0.3 is 0 Å². The van der Waals surface area contributed by atoms with Crippen LogP contribution in [0.5, 0.6) is 0 Å². The van der Waals surface area contributed by atoms with Gasteiger partial charge in [0.05, 0.1) is 24.4 Å². The Bertz CT molecular complexity index is 442. The first kappa shape index (κ1) is 15.7. The van der Waals surface area contributed by atoms with Gasteiger partial charge in [0.1, 0.15) is 0 Å². The van der Waals surface area contributed by atoms with Crippen molar-refractivity contribution in [3.63, 3.8) is 0 Å². The number of morpholine rings is 1. The van der Waals surface area contributed by atoms with Crippen LogP contribution in [0, 0.1) is 12.8 Å². The van der Waals surface area contributed by atoms with Gasteiger partial charge in [-0.15, -0.1) is 11.3 Å².